The van der Waals surface area contributed by atoms with E-state index in [0.717, 1.165) is 11.1 Å². The summed E-state index contributed by atoms with van der Waals surface area (Å²) in [6.45, 7) is 3.46. The molecule has 8 rings (SSSR count). The van der Waals surface area contributed by atoms with Gasteiger partial charge in [0.2, 0.25) is 11.8 Å². The third kappa shape index (κ3) is 5.76. The van der Waals surface area contributed by atoms with Gasteiger partial charge in [0.15, 0.2) is 5.65 Å². The first kappa shape index (κ1) is 35.6. The molecule has 1 amide bonds. The summed E-state index contributed by atoms with van der Waals surface area (Å²) in [4.78, 5) is 26.8. The van der Waals surface area contributed by atoms with Crippen molar-refractivity contribution in [3.8, 4) is 34.4 Å². The molecule has 16 nitrogen and oxygen atoms in total. The maximum absolute atomic E-state index is 12.6. The fraction of sp³-hybridized carbons (Fsp3) is 0.125. The number of primary amides is 1. The Kier molecular flexibility index (Phi) is 8.96. The smallest absolute Gasteiger partial charge is 0.252 e. The number of imidazole rings is 2. The monoisotopic (exact) mass is 750 g/mol. The van der Waals surface area contributed by atoms with Crippen LogP contribution >= 0.6 is 0 Å². The molecule has 0 aliphatic carbocycles. The number of pyridine rings is 2. The van der Waals surface area contributed by atoms with Gasteiger partial charge in [-0.15, -0.1) is 20.5 Å². The Balaban J connectivity index is 1.13. The second kappa shape index (κ2) is 14.1. The fourth-order valence-corrected chi connectivity index (χ4v) is 6.87. The van der Waals surface area contributed by atoms with E-state index < -0.39 is 5.91 Å². The summed E-state index contributed by atoms with van der Waals surface area (Å²) in [5, 5.41) is 40.5. The first-order chi connectivity index (χ1) is 27.1. The summed E-state index contributed by atoms with van der Waals surface area (Å²) in [5.74, 6) is 5.19. The largest absolute Gasteiger partial charge is 0.494 e. The molecular formula is C40H34N10O6. The number of para-hydroxylation sites is 4. The molecule has 6 N–H and O–H groups in total. The number of azo groups is 2. The van der Waals surface area contributed by atoms with Gasteiger partial charge in [0, 0.05) is 5.56 Å². The highest BCUT2D eigenvalue weighted by Crippen LogP contribution is 2.43. The molecule has 0 atom stereocenters. The molecule has 0 bridgehead atoms. The third-order valence-electron chi connectivity index (χ3n) is 9.68. The minimum atomic E-state index is -0.714. The van der Waals surface area contributed by atoms with Gasteiger partial charge in [-0.2, -0.15) is 0 Å². The normalized spacial score (nSPS) is 11.9. The standard InChI is InChI=1S/C40H34N10O6/c1-20-24(19-56-42)37-43-25-9-5-7-11-29(25)49(37)39(52)34(20)47-45-27-15-13-22(17-31(27)54-3)23-14-16-28(32(18-23)55-4)46-48-35-21(2)33(36(41)51)38-44-26-10-6-8-12-30(26)50(38)40(35)53/h5-18,52-53H,19,42H2,1-4H3,(H2,41,51). The number of benzene rings is 4. The zero-order chi connectivity index (χ0) is 39.2. The Morgan fingerprint density at radius 3 is 1.68 bits per heavy atom. The Morgan fingerprint density at radius 1 is 0.696 bits per heavy atom. The van der Waals surface area contributed by atoms with E-state index in [1.165, 1.54) is 18.6 Å². The molecule has 0 radical (unpaired) electrons. The van der Waals surface area contributed by atoms with E-state index in [2.05, 4.69) is 30.4 Å². The second-order valence-electron chi connectivity index (χ2n) is 12.8. The van der Waals surface area contributed by atoms with Crippen LogP contribution in [0.4, 0.5) is 22.7 Å². The minimum Gasteiger partial charge on any atom is -0.494 e. The van der Waals surface area contributed by atoms with Crippen LogP contribution in [0.1, 0.15) is 27.0 Å². The van der Waals surface area contributed by atoms with E-state index in [1.807, 2.05) is 42.5 Å². The molecule has 16 heteroatoms. The number of fused-ring (bicyclic) bond motifs is 6. The number of nitrogens with zero attached hydrogens (tertiary/aromatic N) is 8. The van der Waals surface area contributed by atoms with E-state index in [0.29, 0.717) is 67.3 Å². The first-order valence-corrected chi connectivity index (χ1v) is 17.2. The number of aromatic hydroxyl groups is 2. The van der Waals surface area contributed by atoms with Gasteiger partial charge < -0.3 is 25.4 Å². The molecule has 56 heavy (non-hydrogen) atoms. The predicted molar refractivity (Wildman–Crippen MR) is 209 cm³/mol. The van der Waals surface area contributed by atoms with Gasteiger partial charge in [-0.25, -0.2) is 15.9 Å². The van der Waals surface area contributed by atoms with Crippen LogP contribution in [0.15, 0.2) is 105 Å². The molecule has 0 aliphatic rings. The van der Waals surface area contributed by atoms with E-state index in [1.54, 1.807) is 60.7 Å². The lowest BCUT2D eigenvalue weighted by Crippen LogP contribution is -2.15. The number of hydrogen-bond donors (Lipinski definition) is 4. The Hall–Kier alpha value is -7.43. The highest BCUT2D eigenvalue weighted by atomic mass is 16.6. The predicted octanol–water partition coefficient (Wildman–Crippen LogP) is 8.32. The SMILES string of the molecule is COc1cc(-c2ccc(N=Nc3c(C)c(C(N)=O)c4nc5ccccc5n4c3O)c(OC)c2)ccc1N=Nc1c(C)c(CON)c2nc3ccccc3n2c1O. The second-order valence-corrected chi connectivity index (χ2v) is 12.8. The lowest BCUT2D eigenvalue weighted by atomic mass is 10.0. The third-order valence-corrected chi connectivity index (χ3v) is 9.68. The van der Waals surface area contributed by atoms with Crippen molar-refractivity contribution in [2.45, 2.75) is 20.5 Å². The van der Waals surface area contributed by atoms with Gasteiger partial charge in [0.25, 0.3) is 5.91 Å². The van der Waals surface area contributed by atoms with Crippen LogP contribution in [-0.4, -0.2) is 49.1 Å². The van der Waals surface area contributed by atoms with Crippen molar-refractivity contribution >= 4 is 62.0 Å². The molecule has 8 aromatic rings. The first-order valence-electron chi connectivity index (χ1n) is 17.2. The van der Waals surface area contributed by atoms with Crippen LogP contribution in [0.25, 0.3) is 44.5 Å². The quantitative estimate of drug-likeness (QED) is 0.0778. The Bertz CT molecular complexity index is 2950. The van der Waals surface area contributed by atoms with Crippen molar-refractivity contribution in [1.29, 1.82) is 0 Å². The van der Waals surface area contributed by atoms with Crippen molar-refractivity contribution in [1.82, 2.24) is 18.8 Å². The molecule has 0 spiro atoms. The van der Waals surface area contributed by atoms with Gasteiger partial charge >= 0.3 is 0 Å². The highest BCUT2D eigenvalue weighted by molar-refractivity contribution is 6.04. The van der Waals surface area contributed by atoms with Gasteiger partial charge in [-0.3, -0.25) is 18.4 Å². The summed E-state index contributed by atoms with van der Waals surface area (Å²) in [5.41, 5.74) is 13.3. The van der Waals surface area contributed by atoms with E-state index in [-0.39, 0.29) is 41.0 Å². The molecule has 4 heterocycles. The van der Waals surface area contributed by atoms with Crippen LogP contribution < -0.4 is 21.1 Å². The van der Waals surface area contributed by atoms with Crippen LogP contribution in [0.2, 0.25) is 0 Å². The van der Waals surface area contributed by atoms with Crippen LogP contribution in [0.5, 0.6) is 23.3 Å². The summed E-state index contributed by atoms with van der Waals surface area (Å²) in [7, 11) is 3.03. The highest BCUT2D eigenvalue weighted by Gasteiger charge is 2.24. The topological polar surface area (TPSA) is 221 Å². The summed E-state index contributed by atoms with van der Waals surface area (Å²) in [6, 6.07) is 25.3. The van der Waals surface area contributed by atoms with Gasteiger partial charge in [0.05, 0.1) is 48.5 Å². The van der Waals surface area contributed by atoms with E-state index in [9.17, 15) is 15.0 Å². The lowest BCUT2D eigenvalue weighted by molar-refractivity contribution is 0.100. The van der Waals surface area contributed by atoms with Crippen LogP contribution in [0.3, 0.4) is 0 Å². The maximum Gasteiger partial charge on any atom is 0.252 e. The molecule has 4 aromatic carbocycles. The molecule has 0 aliphatic heterocycles. The zero-order valence-corrected chi connectivity index (χ0v) is 30.5. The number of rotatable bonds is 10. The molecule has 0 unspecified atom stereocenters. The molecule has 0 saturated carbocycles. The molecule has 4 aromatic heterocycles. The lowest BCUT2D eigenvalue weighted by Gasteiger charge is -2.13. The number of ether oxygens (including phenoxy) is 2. The number of methoxy groups -OCH3 is 2. The van der Waals surface area contributed by atoms with Gasteiger partial charge in [0.1, 0.15) is 39.9 Å². The summed E-state index contributed by atoms with van der Waals surface area (Å²) < 4.78 is 14.4. The molecule has 280 valence electrons. The van der Waals surface area contributed by atoms with Crippen molar-refractivity contribution in [3.05, 3.63) is 107 Å². The number of amides is 1. The molecule has 0 fully saturated rings. The average Bonchev–Trinajstić information content (AvgIpc) is 3.78. The van der Waals surface area contributed by atoms with E-state index in [4.69, 9.17) is 25.9 Å². The van der Waals surface area contributed by atoms with Crippen molar-refractivity contribution in [2.75, 3.05) is 14.2 Å². The number of hydrogen-bond acceptors (Lipinski definition) is 13. The maximum atomic E-state index is 12.6. The number of aromatic nitrogens is 4. The molecule has 0 saturated heterocycles. The van der Waals surface area contributed by atoms with Gasteiger partial charge in [-0.05, 0) is 84.6 Å². The number of nitrogens with two attached hydrogens (primary N) is 2. The Labute approximate surface area is 317 Å². The minimum absolute atomic E-state index is 0.0418. The zero-order valence-electron chi connectivity index (χ0n) is 30.5. The molecular weight excluding hydrogens is 717 g/mol. The number of carbonyl (C=O) groups excluding carboxylic acids is 1. The number of carbonyl (C=O) groups is 1. The van der Waals surface area contributed by atoms with Crippen molar-refractivity contribution < 1.29 is 29.3 Å². The summed E-state index contributed by atoms with van der Waals surface area (Å²) >= 11 is 0. The van der Waals surface area contributed by atoms with E-state index >= 15 is 0 Å². The average molecular weight is 751 g/mol. The van der Waals surface area contributed by atoms with Crippen LogP contribution in [-0.2, 0) is 11.4 Å². The van der Waals surface area contributed by atoms with Crippen LogP contribution in [0, 0.1) is 13.8 Å². The van der Waals surface area contributed by atoms with Gasteiger partial charge in [-0.1, -0.05) is 36.4 Å². The van der Waals surface area contributed by atoms with Crippen molar-refractivity contribution in [3.63, 3.8) is 0 Å². The summed E-state index contributed by atoms with van der Waals surface area (Å²) in [6.07, 6.45) is 0. The Morgan fingerprint density at radius 2 is 1.18 bits per heavy atom. The van der Waals surface area contributed by atoms with Crippen molar-refractivity contribution in [2.24, 2.45) is 32.1 Å². The fourth-order valence-electron chi connectivity index (χ4n) is 6.87.